The van der Waals surface area contributed by atoms with E-state index in [1.165, 1.54) is 24.2 Å². The van der Waals surface area contributed by atoms with Gasteiger partial charge in [-0.05, 0) is 26.8 Å². The molecule has 0 aliphatic heterocycles. The fourth-order valence-corrected chi connectivity index (χ4v) is 2.48. The van der Waals surface area contributed by atoms with Gasteiger partial charge < -0.3 is 11.1 Å². The molecule has 1 fully saturated rings. The van der Waals surface area contributed by atoms with Crippen LogP contribution < -0.4 is 11.1 Å². The predicted octanol–water partition coefficient (Wildman–Crippen LogP) is 0.814. The summed E-state index contributed by atoms with van der Waals surface area (Å²) in [4.78, 5) is 18.4. The standard InChI is InChI=1S/C12H20N4OS/c1-8(16(2)9-3-4-9)6-14-12(17)10-7-18-11(5-13)15-10/h7-9H,3-6,13H2,1-2H3,(H,14,17). The highest BCUT2D eigenvalue weighted by atomic mass is 32.1. The number of likely N-dealkylation sites (N-methyl/N-ethyl adjacent to an activating group) is 1. The van der Waals surface area contributed by atoms with Gasteiger partial charge in [-0.2, -0.15) is 0 Å². The average molecular weight is 268 g/mol. The number of hydrogen-bond acceptors (Lipinski definition) is 5. The molecule has 0 bridgehead atoms. The fraction of sp³-hybridized carbons (Fsp3) is 0.667. The minimum absolute atomic E-state index is 0.109. The Bertz CT molecular complexity index is 416. The van der Waals surface area contributed by atoms with Crippen LogP contribution in [0.1, 0.15) is 35.3 Å². The second kappa shape index (κ2) is 5.77. The molecule has 2 rings (SSSR count). The van der Waals surface area contributed by atoms with Crippen molar-refractivity contribution in [3.05, 3.63) is 16.1 Å². The maximum Gasteiger partial charge on any atom is 0.270 e. The van der Waals surface area contributed by atoms with Gasteiger partial charge >= 0.3 is 0 Å². The molecule has 6 heteroatoms. The lowest BCUT2D eigenvalue weighted by Gasteiger charge is -2.24. The van der Waals surface area contributed by atoms with E-state index in [0.29, 0.717) is 30.9 Å². The van der Waals surface area contributed by atoms with Crippen LogP contribution in [0.15, 0.2) is 5.38 Å². The van der Waals surface area contributed by atoms with E-state index in [1.54, 1.807) is 5.38 Å². The van der Waals surface area contributed by atoms with Crippen LogP contribution in [0.4, 0.5) is 0 Å². The zero-order valence-electron chi connectivity index (χ0n) is 10.8. The zero-order valence-corrected chi connectivity index (χ0v) is 11.7. The fourth-order valence-electron chi connectivity index (χ4n) is 1.83. The molecular formula is C12H20N4OS. The van der Waals surface area contributed by atoms with E-state index < -0.39 is 0 Å². The monoisotopic (exact) mass is 268 g/mol. The van der Waals surface area contributed by atoms with Crippen molar-refractivity contribution in [1.82, 2.24) is 15.2 Å². The predicted molar refractivity (Wildman–Crippen MR) is 72.6 cm³/mol. The van der Waals surface area contributed by atoms with Crippen LogP contribution in [0.5, 0.6) is 0 Å². The van der Waals surface area contributed by atoms with Crippen LogP contribution in [0.2, 0.25) is 0 Å². The number of nitrogens with one attached hydrogen (secondary N) is 1. The lowest BCUT2D eigenvalue weighted by atomic mass is 10.3. The van der Waals surface area contributed by atoms with E-state index in [2.05, 4.69) is 29.2 Å². The first kappa shape index (κ1) is 13.5. The number of carbonyl (C=O) groups excluding carboxylic acids is 1. The van der Waals surface area contributed by atoms with Gasteiger partial charge in [-0.25, -0.2) is 4.98 Å². The van der Waals surface area contributed by atoms with E-state index in [4.69, 9.17) is 5.73 Å². The molecular weight excluding hydrogens is 248 g/mol. The summed E-state index contributed by atoms with van der Waals surface area (Å²) in [6, 6.07) is 1.06. The van der Waals surface area contributed by atoms with Gasteiger partial charge in [-0.15, -0.1) is 11.3 Å². The first-order chi connectivity index (χ1) is 8.61. The number of carbonyl (C=O) groups is 1. The van der Waals surface area contributed by atoms with Gasteiger partial charge in [0.15, 0.2) is 0 Å². The Balaban J connectivity index is 1.80. The normalized spacial score (nSPS) is 16.9. The molecule has 1 aromatic rings. The molecule has 5 nitrogen and oxygen atoms in total. The van der Waals surface area contributed by atoms with E-state index in [1.807, 2.05) is 0 Å². The van der Waals surface area contributed by atoms with Crippen molar-refractivity contribution in [2.24, 2.45) is 5.73 Å². The average Bonchev–Trinajstić information content (AvgIpc) is 3.12. The molecule has 1 amide bonds. The molecule has 1 aliphatic carbocycles. The molecule has 1 saturated carbocycles. The topological polar surface area (TPSA) is 71.2 Å². The molecule has 3 N–H and O–H groups in total. The summed E-state index contributed by atoms with van der Waals surface area (Å²) in [5.74, 6) is -0.109. The SMILES string of the molecule is CC(CNC(=O)c1csc(CN)n1)N(C)C1CC1. The Morgan fingerprint density at radius 2 is 2.44 bits per heavy atom. The third kappa shape index (κ3) is 3.28. The molecule has 0 saturated heterocycles. The summed E-state index contributed by atoms with van der Waals surface area (Å²) in [6.07, 6.45) is 2.56. The Morgan fingerprint density at radius 1 is 1.72 bits per heavy atom. The molecule has 0 spiro atoms. The highest BCUT2D eigenvalue weighted by Crippen LogP contribution is 2.26. The summed E-state index contributed by atoms with van der Waals surface area (Å²) >= 11 is 1.43. The summed E-state index contributed by atoms with van der Waals surface area (Å²) in [6.45, 7) is 3.17. The van der Waals surface area contributed by atoms with Crippen LogP contribution in [0.3, 0.4) is 0 Å². The largest absolute Gasteiger partial charge is 0.349 e. The highest BCUT2D eigenvalue weighted by molar-refractivity contribution is 7.09. The molecule has 1 atom stereocenters. The Labute approximate surface area is 111 Å². The molecule has 0 aromatic carbocycles. The van der Waals surface area contributed by atoms with Crippen LogP contribution in [0, 0.1) is 0 Å². The first-order valence-electron chi connectivity index (χ1n) is 6.26. The Morgan fingerprint density at radius 3 is 3.00 bits per heavy atom. The molecule has 1 unspecified atom stereocenters. The van der Waals surface area contributed by atoms with Crippen molar-refractivity contribution >= 4 is 17.2 Å². The number of nitrogens with two attached hydrogens (primary N) is 1. The zero-order chi connectivity index (χ0) is 13.1. The highest BCUT2D eigenvalue weighted by Gasteiger charge is 2.29. The van der Waals surface area contributed by atoms with E-state index in [9.17, 15) is 4.79 Å². The minimum Gasteiger partial charge on any atom is -0.349 e. The Hall–Kier alpha value is -0.980. The van der Waals surface area contributed by atoms with Crippen LogP contribution in [-0.2, 0) is 6.54 Å². The van der Waals surface area contributed by atoms with Gasteiger partial charge in [0.1, 0.15) is 10.7 Å². The third-order valence-electron chi connectivity index (χ3n) is 3.34. The van der Waals surface area contributed by atoms with Crippen molar-refractivity contribution in [2.75, 3.05) is 13.6 Å². The summed E-state index contributed by atoms with van der Waals surface area (Å²) < 4.78 is 0. The summed E-state index contributed by atoms with van der Waals surface area (Å²) in [5.41, 5.74) is 5.95. The van der Waals surface area contributed by atoms with E-state index in [0.717, 1.165) is 5.01 Å². The molecule has 0 radical (unpaired) electrons. The first-order valence-corrected chi connectivity index (χ1v) is 7.14. The van der Waals surface area contributed by atoms with Crippen molar-refractivity contribution < 1.29 is 4.79 Å². The van der Waals surface area contributed by atoms with Gasteiger partial charge in [0.2, 0.25) is 0 Å². The quantitative estimate of drug-likeness (QED) is 0.801. The van der Waals surface area contributed by atoms with E-state index >= 15 is 0 Å². The molecule has 100 valence electrons. The number of rotatable bonds is 6. The second-order valence-corrected chi connectivity index (χ2v) is 5.73. The number of hydrogen-bond donors (Lipinski definition) is 2. The number of nitrogens with zero attached hydrogens (tertiary/aromatic N) is 2. The van der Waals surface area contributed by atoms with Crippen molar-refractivity contribution in [3.8, 4) is 0 Å². The Kier molecular flexibility index (Phi) is 4.31. The van der Waals surface area contributed by atoms with Gasteiger partial charge in [-0.1, -0.05) is 0 Å². The lowest BCUT2D eigenvalue weighted by molar-refractivity contribution is 0.0935. The van der Waals surface area contributed by atoms with E-state index in [-0.39, 0.29) is 5.91 Å². The van der Waals surface area contributed by atoms with Gasteiger partial charge in [0.25, 0.3) is 5.91 Å². The molecule has 1 aliphatic rings. The maximum atomic E-state index is 11.9. The van der Waals surface area contributed by atoms with Crippen LogP contribution in [-0.4, -0.2) is 41.5 Å². The van der Waals surface area contributed by atoms with Crippen LogP contribution >= 0.6 is 11.3 Å². The van der Waals surface area contributed by atoms with Gasteiger partial charge in [0, 0.05) is 30.6 Å². The van der Waals surface area contributed by atoms with Crippen molar-refractivity contribution in [1.29, 1.82) is 0 Å². The van der Waals surface area contributed by atoms with Gasteiger partial charge in [0.05, 0.1) is 0 Å². The third-order valence-corrected chi connectivity index (χ3v) is 4.21. The minimum atomic E-state index is -0.109. The van der Waals surface area contributed by atoms with Crippen molar-refractivity contribution in [3.63, 3.8) is 0 Å². The number of amides is 1. The van der Waals surface area contributed by atoms with Crippen LogP contribution in [0.25, 0.3) is 0 Å². The second-order valence-electron chi connectivity index (χ2n) is 4.79. The molecule has 1 aromatic heterocycles. The smallest absolute Gasteiger partial charge is 0.270 e. The maximum absolute atomic E-state index is 11.9. The summed E-state index contributed by atoms with van der Waals surface area (Å²) in [5, 5.41) is 5.47. The van der Waals surface area contributed by atoms with Crippen molar-refractivity contribution in [2.45, 2.75) is 38.4 Å². The number of aromatic nitrogens is 1. The molecule has 18 heavy (non-hydrogen) atoms. The summed E-state index contributed by atoms with van der Waals surface area (Å²) in [7, 11) is 2.11. The molecule has 1 heterocycles. The van der Waals surface area contributed by atoms with Gasteiger partial charge in [-0.3, -0.25) is 9.69 Å². The lowest BCUT2D eigenvalue weighted by Crippen LogP contribution is -2.41. The number of thiazole rings is 1.